The number of hydrogen-bond donors (Lipinski definition) is 0. The average molecular weight is 195 g/mol. The van der Waals surface area contributed by atoms with E-state index in [0.717, 1.165) is 0 Å². The largest absolute Gasteiger partial charge is 0.339 e. The number of rotatable bonds is 2. The van der Waals surface area contributed by atoms with E-state index in [4.69, 9.17) is 0 Å². The van der Waals surface area contributed by atoms with Crippen molar-refractivity contribution >= 4 is 5.91 Å². The van der Waals surface area contributed by atoms with Gasteiger partial charge >= 0.3 is 0 Å². The first-order chi connectivity index (χ1) is 6.54. The molecule has 0 aliphatic carbocycles. The van der Waals surface area contributed by atoms with Gasteiger partial charge in [0.05, 0.1) is 5.56 Å². The summed E-state index contributed by atoms with van der Waals surface area (Å²) >= 11 is 0. The summed E-state index contributed by atoms with van der Waals surface area (Å²) in [4.78, 5) is 13.2. The molecule has 0 heterocycles. The standard InChI is InChI=1S/C11H14FNO/c1-8(2)13(3)11(14)9-6-4-5-7-10(9)12/h4-8H,1-3H3. The van der Waals surface area contributed by atoms with E-state index in [9.17, 15) is 9.18 Å². The fraction of sp³-hybridized carbons (Fsp3) is 0.364. The molecular formula is C11H14FNO. The van der Waals surface area contributed by atoms with Crippen LogP contribution in [0.3, 0.4) is 0 Å². The fourth-order valence-electron chi connectivity index (χ4n) is 1.06. The molecule has 0 aliphatic heterocycles. The van der Waals surface area contributed by atoms with E-state index in [1.807, 2.05) is 13.8 Å². The number of carbonyl (C=O) groups is 1. The van der Waals surface area contributed by atoms with Crippen LogP contribution in [0.5, 0.6) is 0 Å². The summed E-state index contributed by atoms with van der Waals surface area (Å²) in [6, 6.07) is 6.09. The highest BCUT2D eigenvalue weighted by molar-refractivity contribution is 5.94. The molecule has 1 aromatic carbocycles. The summed E-state index contributed by atoms with van der Waals surface area (Å²) in [5.74, 6) is -0.747. The average Bonchev–Trinajstić information content (AvgIpc) is 2.16. The Hall–Kier alpha value is -1.38. The van der Waals surface area contributed by atoms with Gasteiger partial charge in [-0.1, -0.05) is 12.1 Å². The number of carbonyl (C=O) groups excluding carboxylic acids is 1. The lowest BCUT2D eigenvalue weighted by molar-refractivity contribution is 0.0750. The molecule has 0 saturated heterocycles. The Kier molecular flexibility index (Phi) is 3.23. The minimum Gasteiger partial charge on any atom is -0.339 e. The van der Waals surface area contributed by atoms with E-state index >= 15 is 0 Å². The molecule has 1 rings (SSSR count). The Labute approximate surface area is 83.3 Å². The van der Waals surface area contributed by atoms with E-state index in [1.54, 1.807) is 19.2 Å². The van der Waals surface area contributed by atoms with Crippen LogP contribution in [0.4, 0.5) is 4.39 Å². The molecular weight excluding hydrogens is 181 g/mol. The van der Waals surface area contributed by atoms with Crippen molar-refractivity contribution < 1.29 is 9.18 Å². The molecule has 0 unspecified atom stereocenters. The second-order valence-electron chi connectivity index (χ2n) is 3.49. The van der Waals surface area contributed by atoms with Crippen molar-refractivity contribution in [2.45, 2.75) is 19.9 Å². The van der Waals surface area contributed by atoms with E-state index in [1.165, 1.54) is 17.0 Å². The maximum Gasteiger partial charge on any atom is 0.256 e. The Morgan fingerprint density at radius 2 is 1.93 bits per heavy atom. The third-order valence-electron chi connectivity index (χ3n) is 2.20. The van der Waals surface area contributed by atoms with Crippen LogP contribution >= 0.6 is 0 Å². The zero-order chi connectivity index (χ0) is 10.7. The summed E-state index contributed by atoms with van der Waals surface area (Å²) in [5.41, 5.74) is 0.128. The minimum atomic E-state index is -0.468. The van der Waals surface area contributed by atoms with Crippen molar-refractivity contribution in [1.29, 1.82) is 0 Å². The predicted molar refractivity (Wildman–Crippen MR) is 53.6 cm³/mol. The molecule has 0 aliphatic rings. The monoisotopic (exact) mass is 195 g/mol. The zero-order valence-corrected chi connectivity index (χ0v) is 8.62. The molecule has 0 saturated carbocycles. The molecule has 76 valence electrons. The van der Waals surface area contributed by atoms with Crippen molar-refractivity contribution in [3.8, 4) is 0 Å². The van der Waals surface area contributed by atoms with Gasteiger partial charge in [-0.05, 0) is 26.0 Å². The molecule has 2 nitrogen and oxygen atoms in total. The lowest BCUT2D eigenvalue weighted by Crippen LogP contribution is -2.33. The van der Waals surface area contributed by atoms with E-state index in [0.29, 0.717) is 0 Å². The zero-order valence-electron chi connectivity index (χ0n) is 8.62. The second kappa shape index (κ2) is 4.22. The van der Waals surface area contributed by atoms with Crippen molar-refractivity contribution in [3.63, 3.8) is 0 Å². The Morgan fingerprint density at radius 1 is 1.36 bits per heavy atom. The van der Waals surface area contributed by atoms with Crippen LogP contribution in [0.15, 0.2) is 24.3 Å². The van der Waals surface area contributed by atoms with Crippen LogP contribution in [-0.4, -0.2) is 23.9 Å². The van der Waals surface area contributed by atoms with Crippen molar-refractivity contribution in [2.24, 2.45) is 0 Å². The van der Waals surface area contributed by atoms with E-state index in [-0.39, 0.29) is 17.5 Å². The molecule has 1 amide bonds. The van der Waals surface area contributed by atoms with E-state index < -0.39 is 5.82 Å². The molecule has 0 spiro atoms. The van der Waals surface area contributed by atoms with Crippen LogP contribution < -0.4 is 0 Å². The molecule has 3 heteroatoms. The van der Waals surface area contributed by atoms with Gasteiger partial charge in [0.1, 0.15) is 5.82 Å². The highest BCUT2D eigenvalue weighted by Gasteiger charge is 2.17. The second-order valence-corrected chi connectivity index (χ2v) is 3.49. The summed E-state index contributed by atoms with van der Waals surface area (Å²) in [7, 11) is 1.67. The number of amides is 1. The van der Waals surface area contributed by atoms with Crippen molar-refractivity contribution in [2.75, 3.05) is 7.05 Å². The number of benzene rings is 1. The molecule has 14 heavy (non-hydrogen) atoms. The van der Waals surface area contributed by atoms with Gasteiger partial charge in [-0.2, -0.15) is 0 Å². The third-order valence-corrected chi connectivity index (χ3v) is 2.20. The van der Waals surface area contributed by atoms with Crippen LogP contribution in [0.1, 0.15) is 24.2 Å². The lowest BCUT2D eigenvalue weighted by Gasteiger charge is -2.21. The molecule has 0 fully saturated rings. The lowest BCUT2D eigenvalue weighted by atomic mass is 10.1. The molecule has 1 aromatic rings. The number of hydrogen-bond acceptors (Lipinski definition) is 1. The summed E-state index contributed by atoms with van der Waals surface area (Å²) in [6.45, 7) is 3.78. The number of nitrogens with zero attached hydrogens (tertiary/aromatic N) is 1. The molecule has 0 N–H and O–H groups in total. The van der Waals surface area contributed by atoms with Crippen molar-refractivity contribution in [3.05, 3.63) is 35.6 Å². The first kappa shape index (κ1) is 10.7. The van der Waals surface area contributed by atoms with Crippen LogP contribution in [0.2, 0.25) is 0 Å². The van der Waals surface area contributed by atoms with E-state index in [2.05, 4.69) is 0 Å². The maximum atomic E-state index is 13.2. The molecule has 0 aromatic heterocycles. The minimum absolute atomic E-state index is 0.0714. The maximum absolute atomic E-state index is 13.2. The van der Waals surface area contributed by atoms with Gasteiger partial charge < -0.3 is 4.90 Å². The van der Waals surface area contributed by atoms with Crippen LogP contribution in [0.25, 0.3) is 0 Å². The van der Waals surface area contributed by atoms with Gasteiger partial charge in [-0.3, -0.25) is 4.79 Å². The Bertz CT molecular complexity index is 336. The molecule has 0 radical (unpaired) electrons. The molecule has 0 atom stereocenters. The first-order valence-electron chi connectivity index (χ1n) is 4.55. The first-order valence-corrected chi connectivity index (χ1v) is 4.55. The van der Waals surface area contributed by atoms with Gasteiger partial charge in [0, 0.05) is 13.1 Å². The van der Waals surface area contributed by atoms with Gasteiger partial charge in [0.2, 0.25) is 0 Å². The van der Waals surface area contributed by atoms with Gasteiger partial charge in [0.15, 0.2) is 0 Å². The van der Waals surface area contributed by atoms with Crippen molar-refractivity contribution in [1.82, 2.24) is 4.90 Å². The highest BCUT2D eigenvalue weighted by atomic mass is 19.1. The van der Waals surface area contributed by atoms with Crippen LogP contribution in [0, 0.1) is 5.82 Å². The summed E-state index contributed by atoms with van der Waals surface area (Å²) in [6.07, 6.45) is 0. The normalized spacial score (nSPS) is 10.4. The third kappa shape index (κ3) is 2.10. The van der Waals surface area contributed by atoms with Gasteiger partial charge in [0.25, 0.3) is 5.91 Å². The quantitative estimate of drug-likeness (QED) is 0.709. The predicted octanol–water partition coefficient (Wildman–Crippen LogP) is 2.31. The van der Waals surface area contributed by atoms with Gasteiger partial charge in [-0.15, -0.1) is 0 Å². The van der Waals surface area contributed by atoms with Crippen LogP contribution in [-0.2, 0) is 0 Å². The Balaban J connectivity index is 2.95. The number of halogens is 1. The summed E-state index contributed by atoms with van der Waals surface area (Å²) < 4.78 is 13.2. The fourth-order valence-corrected chi connectivity index (χ4v) is 1.06. The SMILES string of the molecule is CC(C)N(C)C(=O)c1ccccc1F. The Morgan fingerprint density at radius 3 is 2.43 bits per heavy atom. The summed E-state index contributed by atoms with van der Waals surface area (Å²) in [5, 5.41) is 0. The topological polar surface area (TPSA) is 20.3 Å². The molecule has 0 bridgehead atoms. The highest BCUT2D eigenvalue weighted by Crippen LogP contribution is 2.10. The smallest absolute Gasteiger partial charge is 0.256 e. The van der Waals surface area contributed by atoms with Gasteiger partial charge in [-0.25, -0.2) is 4.39 Å².